The largest absolute Gasteiger partial charge is 0.494 e. The highest BCUT2D eigenvalue weighted by Gasteiger charge is 2.43. The van der Waals surface area contributed by atoms with Crippen LogP contribution in [0.4, 0.5) is 11.4 Å². The lowest BCUT2D eigenvalue weighted by atomic mass is 10.1. The molecule has 0 unspecified atom stereocenters. The first-order valence-electron chi connectivity index (χ1n) is 11.8. The molecule has 0 bridgehead atoms. The van der Waals surface area contributed by atoms with Crippen molar-refractivity contribution in [2.45, 2.75) is 25.9 Å². The summed E-state index contributed by atoms with van der Waals surface area (Å²) in [7, 11) is 0. The number of anilines is 2. The van der Waals surface area contributed by atoms with Gasteiger partial charge < -0.3 is 14.8 Å². The summed E-state index contributed by atoms with van der Waals surface area (Å²) in [4.78, 5) is 43.0. The number of nitrogens with one attached hydrogen (secondary N) is 1. The molecule has 3 aliphatic rings. The molecule has 3 heterocycles. The second-order valence-corrected chi connectivity index (χ2v) is 10.2. The SMILES string of the molecule is CCOc1ccc(NC(=O)CN2C(=O)/C(=C3\SC(=S)N(C[C@@H]4CCCO4)C3=O)c3ccccc32)cc1. The second kappa shape index (κ2) is 10.4. The highest BCUT2D eigenvalue weighted by molar-refractivity contribution is 8.26. The lowest BCUT2D eigenvalue weighted by molar-refractivity contribution is -0.123. The molecule has 2 aromatic carbocycles. The van der Waals surface area contributed by atoms with E-state index in [0.29, 0.717) is 51.7 Å². The third-order valence-corrected chi connectivity index (χ3v) is 7.61. The molecule has 1 N–H and O–H groups in total. The minimum absolute atomic E-state index is 0.0498. The van der Waals surface area contributed by atoms with Gasteiger partial charge in [-0.05, 0) is 50.1 Å². The van der Waals surface area contributed by atoms with Gasteiger partial charge in [-0.25, -0.2) is 0 Å². The van der Waals surface area contributed by atoms with E-state index in [4.69, 9.17) is 21.7 Å². The normalized spacial score (nSPS) is 21.4. The molecule has 186 valence electrons. The molecular weight excluding hydrogens is 498 g/mol. The van der Waals surface area contributed by atoms with E-state index in [9.17, 15) is 14.4 Å². The van der Waals surface area contributed by atoms with Gasteiger partial charge in [-0.1, -0.05) is 42.2 Å². The van der Waals surface area contributed by atoms with Gasteiger partial charge >= 0.3 is 0 Å². The maximum absolute atomic E-state index is 13.6. The first-order valence-corrected chi connectivity index (χ1v) is 13.0. The van der Waals surface area contributed by atoms with Crippen LogP contribution in [0.15, 0.2) is 53.4 Å². The molecule has 0 saturated carbocycles. The molecule has 0 aromatic heterocycles. The fourth-order valence-corrected chi connectivity index (χ4v) is 5.85. The van der Waals surface area contributed by atoms with E-state index in [0.717, 1.165) is 24.6 Å². The number of hydrogen-bond acceptors (Lipinski definition) is 7. The Balaban J connectivity index is 1.36. The van der Waals surface area contributed by atoms with E-state index < -0.39 is 5.91 Å². The molecule has 2 saturated heterocycles. The molecule has 3 amide bonds. The number of carbonyl (C=O) groups is 3. The van der Waals surface area contributed by atoms with Crippen molar-refractivity contribution in [3.05, 3.63) is 59.0 Å². The monoisotopic (exact) mass is 523 g/mol. The maximum Gasteiger partial charge on any atom is 0.267 e. The number of nitrogens with zero attached hydrogens (tertiary/aromatic N) is 2. The zero-order chi connectivity index (χ0) is 25.2. The number of thiocarbonyl (C=S) groups is 1. The first kappa shape index (κ1) is 24.5. The summed E-state index contributed by atoms with van der Waals surface area (Å²) in [6.07, 6.45) is 1.79. The Bertz CT molecular complexity index is 1250. The minimum Gasteiger partial charge on any atom is -0.494 e. The molecule has 10 heteroatoms. The van der Waals surface area contributed by atoms with Gasteiger partial charge in [0.2, 0.25) is 5.91 Å². The van der Waals surface area contributed by atoms with Crippen LogP contribution in [-0.2, 0) is 19.1 Å². The van der Waals surface area contributed by atoms with Gasteiger partial charge in [0.05, 0.1) is 35.4 Å². The molecule has 2 aromatic rings. The number of rotatable bonds is 7. The van der Waals surface area contributed by atoms with E-state index in [1.54, 1.807) is 42.5 Å². The maximum atomic E-state index is 13.6. The predicted octanol–water partition coefficient (Wildman–Crippen LogP) is 3.82. The summed E-state index contributed by atoms with van der Waals surface area (Å²) in [6, 6.07) is 14.2. The van der Waals surface area contributed by atoms with Crippen LogP contribution in [0.2, 0.25) is 0 Å². The first-order chi connectivity index (χ1) is 17.5. The number of benzene rings is 2. The van der Waals surface area contributed by atoms with Crippen molar-refractivity contribution in [3.8, 4) is 5.75 Å². The van der Waals surface area contributed by atoms with Gasteiger partial charge in [-0.15, -0.1) is 0 Å². The molecular formula is C26H25N3O5S2. The van der Waals surface area contributed by atoms with Crippen molar-refractivity contribution in [2.24, 2.45) is 0 Å². The third-order valence-electron chi connectivity index (χ3n) is 6.16. The Morgan fingerprint density at radius 3 is 2.64 bits per heavy atom. The van der Waals surface area contributed by atoms with E-state index in [-0.39, 0.29) is 30.0 Å². The summed E-state index contributed by atoms with van der Waals surface area (Å²) >= 11 is 6.61. The number of ether oxygens (including phenoxy) is 2. The van der Waals surface area contributed by atoms with Crippen LogP contribution in [0.3, 0.4) is 0 Å². The van der Waals surface area contributed by atoms with Crippen LogP contribution in [0.5, 0.6) is 5.75 Å². The fourth-order valence-electron chi connectivity index (χ4n) is 4.50. The van der Waals surface area contributed by atoms with Gasteiger partial charge in [-0.3, -0.25) is 24.2 Å². The number of amides is 3. The van der Waals surface area contributed by atoms with Crippen LogP contribution in [0.25, 0.3) is 5.57 Å². The van der Waals surface area contributed by atoms with Gasteiger partial charge in [0.15, 0.2) is 0 Å². The van der Waals surface area contributed by atoms with Crippen LogP contribution in [0, 0.1) is 0 Å². The van der Waals surface area contributed by atoms with Crippen LogP contribution in [0.1, 0.15) is 25.3 Å². The van der Waals surface area contributed by atoms with Crippen molar-refractivity contribution >= 4 is 63.0 Å². The number of hydrogen-bond donors (Lipinski definition) is 1. The topological polar surface area (TPSA) is 88.2 Å². The lowest BCUT2D eigenvalue weighted by Gasteiger charge is -2.18. The summed E-state index contributed by atoms with van der Waals surface area (Å²) in [5.41, 5.74) is 2.09. The molecule has 5 rings (SSSR count). The lowest BCUT2D eigenvalue weighted by Crippen LogP contribution is -2.36. The highest BCUT2D eigenvalue weighted by atomic mass is 32.2. The van der Waals surface area contributed by atoms with E-state index in [1.807, 2.05) is 13.0 Å². The molecule has 0 spiro atoms. The minimum atomic E-state index is -0.393. The van der Waals surface area contributed by atoms with Crippen molar-refractivity contribution in [3.63, 3.8) is 0 Å². The standard InChI is InChI=1S/C26H25N3O5S2/c1-2-33-17-11-9-16(10-12-17)27-21(30)15-28-20-8-4-3-7-19(20)22(24(28)31)23-25(32)29(26(35)36-23)14-18-6-5-13-34-18/h3-4,7-12,18H,2,5-6,13-15H2,1H3,(H,27,30)/b23-22-/t18-/m0/s1. The second-order valence-electron chi connectivity index (χ2n) is 8.54. The third kappa shape index (κ3) is 4.76. The summed E-state index contributed by atoms with van der Waals surface area (Å²) in [5.74, 6) is -0.329. The van der Waals surface area contributed by atoms with E-state index >= 15 is 0 Å². The van der Waals surface area contributed by atoms with Crippen molar-refractivity contribution in [1.82, 2.24) is 4.90 Å². The van der Waals surface area contributed by atoms with Crippen LogP contribution < -0.4 is 15.0 Å². The number of carbonyl (C=O) groups excluding carboxylic acids is 3. The van der Waals surface area contributed by atoms with E-state index in [2.05, 4.69) is 5.32 Å². The summed E-state index contributed by atoms with van der Waals surface area (Å²) in [5, 5.41) is 2.82. The Hall–Kier alpha value is -3.21. The van der Waals surface area contributed by atoms with Crippen molar-refractivity contribution in [1.29, 1.82) is 0 Å². The van der Waals surface area contributed by atoms with Gasteiger partial charge in [0.1, 0.15) is 16.6 Å². The molecule has 8 nitrogen and oxygen atoms in total. The Labute approximate surface area is 218 Å². The smallest absolute Gasteiger partial charge is 0.267 e. The fraction of sp³-hybridized carbons (Fsp3) is 0.308. The Kier molecular flexibility index (Phi) is 7.08. The van der Waals surface area contributed by atoms with Crippen LogP contribution >= 0.6 is 24.0 Å². The Morgan fingerprint density at radius 1 is 1.14 bits per heavy atom. The number of para-hydroxylation sites is 1. The highest BCUT2D eigenvalue weighted by Crippen LogP contribution is 2.44. The number of thioether (sulfide) groups is 1. The van der Waals surface area contributed by atoms with E-state index in [1.165, 1.54) is 9.80 Å². The van der Waals surface area contributed by atoms with Gasteiger partial charge in [0.25, 0.3) is 11.8 Å². The molecule has 36 heavy (non-hydrogen) atoms. The molecule has 0 aliphatic carbocycles. The summed E-state index contributed by atoms with van der Waals surface area (Å²) < 4.78 is 11.5. The molecule has 1 atom stereocenters. The number of fused-ring (bicyclic) bond motifs is 1. The van der Waals surface area contributed by atoms with Gasteiger partial charge in [-0.2, -0.15) is 0 Å². The average molecular weight is 524 g/mol. The molecule has 0 radical (unpaired) electrons. The van der Waals surface area contributed by atoms with Crippen molar-refractivity contribution < 1.29 is 23.9 Å². The quantitative estimate of drug-likeness (QED) is 0.436. The van der Waals surface area contributed by atoms with Crippen molar-refractivity contribution in [2.75, 3.05) is 36.5 Å². The molecule has 3 aliphatic heterocycles. The predicted molar refractivity (Wildman–Crippen MR) is 143 cm³/mol. The van der Waals surface area contributed by atoms with Crippen LogP contribution in [-0.4, -0.2) is 59.3 Å². The van der Waals surface area contributed by atoms with Gasteiger partial charge in [0, 0.05) is 17.9 Å². The zero-order valence-electron chi connectivity index (χ0n) is 19.7. The Morgan fingerprint density at radius 2 is 1.92 bits per heavy atom. The zero-order valence-corrected chi connectivity index (χ0v) is 21.3. The molecule has 2 fully saturated rings. The average Bonchev–Trinajstić information content (AvgIpc) is 3.55. The summed E-state index contributed by atoms with van der Waals surface area (Å²) in [6.45, 7) is 3.32.